The minimum absolute atomic E-state index is 0.248. The van der Waals surface area contributed by atoms with Crippen molar-refractivity contribution in [2.45, 2.75) is 0 Å². The zero-order valence-electron chi connectivity index (χ0n) is 11.1. The lowest BCUT2D eigenvalue weighted by Crippen LogP contribution is -2.24. The molecule has 1 aromatic heterocycles. The van der Waals surface area contributed by atoms with Crippen molar-refractivity contribution in [2.75, 3.05) is 0 Å². The van der Waals surface area contributed by atoms with Crippen LogP contribution in [-0.2, 0) is 0 Å². The third kappa shape index (κ3) is 2.49. The van der Waals surface area contributed by atoms with Crippen molar-refractivity contribution in [2.24, 2.45) is 16.5 Å². The maximum absolute atomic E-state index is 11.9. The van der Waals surface area contributed by atoms with Gasteiger partial charge in [-0.3, -0.25) is 4.79 Å². The van der Waals surface area contributed by atoms with Crippen LogP contribution in [-0.4, -0.2) is 11.9 Å². The summed E-state index contributed by atoms with van der Waals surface area (Å²) < 4.78 is 5.39. The van der Waals surface area contributed by atoms with Crippen LogP contribution >= 0.6 is 0 Å². The Morgan fingerprint density at radius 3 is 2.67 bits per heavy atom. The summed E-state index contributed by atoms with van der Waals surface area (Å²) in [7, 11) is 0. The van der Waals surface area contributed by atoms with Crippen molar-refractivity contribution in [3.8, 4) is 11.1 Å². The number of furan rings is 1. The van der Waals surface area contributed by atoms with E-state index in [4.69, 9.17) is 15.9 Å². The van der Waals surface area contributed by atoms with Crippen molar-refractivity contribution in [1.82, 2.24) is 0 Å². The summed E-state index contributed by atoms with van der Waals surface area (Å²) in [5.74, 6) is -0.710. The molecule has 3 rings (SSSR count). The molecule has 21 heavy (non-hydrogen) atoms. The topological polar surface area (TPSA) is 94.6 Å². The number of nitrogens with two attached hydrogens (primary N) is 2. The standard InChI is InChI=1S/C16H13N3O2/c17-16(18)19-15(20)11-4-1-3-10(9-11)12-5-2-6-14-13(12)7-8-21-14/h1-9H,(H4,17,18,19,20). The van der Waals surface area contributed by atoms with E-state index in [0.717, 1.165) is 22.1 Å². The van der Waals surface area contributed by atoms with Gasteiger partial charge in [-0.2, -0.15) is 4.99 Å². The summed E-state index contributed by atoms with van der Waals surface area (Å²) in [5.41, 5.74) is 13.6. The fourth-order valence-corrected chi connectivity index (χ4v) is 2.25. The molecule has 0 saturated heterocycles. The molecule has 0 aliphatic rings. The van der Waals surface area contributed by atoms with Crippen LogP contribution in [0.25, 0.3) is 22.1 Å². The number of amides is 1. The summed E-state index contributed by atoms with van der Waals surface area (Å²) in [5, 5.41) is 0.990. The van der Waals surface area contributed by atoms with E-state index >= 15 is 0 Å². The number of hydrogen-bond donors (Lipinski definition) is 2. The number of aliphatic imine (C=N–C) groups is 1. The Kier molecular flexibility index (Phi) is 3.16. The van der Waals surface area contributed by atoms with Crippen molar-refractivity contribution in [3.63, 3.8) is 0 Å². The van der Waals surface area contributed by atoms with E-state index in [1.54, 1.807) is 24.5 Å². The van der Waals surface area contributed by atoms with Gasteiger partial charge < -0.3 is 15.9 Å². The van der Waals surface area contributed by atoms with E-state index in [1.165, 1.54) is 0 Å². The van der Waals surface area contributed by atoms with Crippen LogP contribution in [0, 0.1) is 0 Å². The van der Waals surface area contributed by atoms with E-state index in [2.05, 4.69) is 4.99 Å². The highest BCUT2D eigenvalue weighted by atomic mass is 16.3. The van der Waals surface area contributed by atoms with Crippen LogP contribution in [0.3, 0.4) is 0 Å². The average molecular weight is 279 g/mol. The molecule has 0 radical (unpaired) electrons. The number of nitrogens with zero attached hydrogens (tertiary/aromatic N) is 1. The number of guanidine groups is 1. The highest BCUT2D eigenvalue weighted by Crippen LogP contribution is 2.29. The number of carbonyl (C=O) groups excluding carboxylic acids is 1. The first-order valence-electron chi connectivity index (χ1n) is 6.36. The highest BCUT2D eigenvalue weighted by Gasteiger charge is 2.09. The molecular weight excluding hydrogens is 266 g/mol. The van der Waals surface area contributed by atoms with Crippen molar-refractivity contribution in [3.05, 3.63) is 60.4 Å². The van der Waals surface area contributed by atoms with Gasteiger partial charge >= 0.3 is 0 Å². The molecular formula is C16H13N3O2. The van der Waals surface area contributed by atoms with E-state index in [-0.39, 0.29) is 5.96 Å². The minimum atomic E-state index is -0.462. The minimum Gasteiger partial charge on any atom is -0.464 e. The third-order valence-corrected chi connectivity index (χ3v) is 3.15. The SMILES string of the molecule is NC(N)=NC(=O)c1cccc(-c2cccc3occc23)c1. The maximum Gasteiger partial charge on any atom is 0.280 e. The molecule has 0 atom stereocenters. The Morgan fingerprint density at radius 2 is 1.86 bits per heavy atom. The highest BCUT2D eigenvalue weighted by molar-refractivity contribution is 6.03. The zero-order valence-corrected chi connectivity index (χ0v) is 11.1. The van der Waals surface area contributed by atoms with Gasteiger partial charge in [0.05, 0.1) is 6.26 Å². The fraction of sp³-hybridized carbons (Fsp3) is 0. The quantitative estimate of drug-likeness (QED) is 0.556. The number of benzene rings is 2. The molecule has 4 N–H and O–H groups in total. The Balaban J connectivity index is 2.10. The molecule has 0 fully saturated rings. The Hall–Kier alpha value is -3.08. The van der Waals surface area contributed by atoms with Gasteiger partial charge in [0, 0.05) is 10.9 Å². The predicted octanol–water partition coefficient (Wildman–Crippen LogP) is 2.51. The number of hydrogen-bond acceptors (Lipinski definition) is 2. The molecule has 0 unspecified atom stereocenters. The van der Waals surface area contributed by atoms with E-state index < -0.39 is 5.91 Å². The monoisotopic (exact) mass is 279 g/mol. The first kappa shape index (κ1) is 12.9. The molecule has 1 heterocycles. The number of rotatable bonds is 2. The average Bonchev–Trinajstić information content (AvgIpc) is 2.95. The van der Waals surface area contributed by atoms with E-state index in [9.17, 15) is 4.79 Å². The van der Waals surface area contributed by atoms with Gasteiger partial charge in [-0.1, -0.05) is 24.3 Å². The number of fused-ring (bicyclic) bond motifs is 1. The predicted molar refractivity (Wildman–Crippen MR) is 81.8 cm³/mol. The van der Waals surface area contributed by atoms with Crippen LogP contribution in [0.15, 0.2) is 64.2 Å². The summed E-state index contributed by atoms with van der Waals surface area (Å²) in [6.07, 6.45) is 1.64. The van der Waals surface area contributed by atoms with Crippen molar-refractivity contribution >= 4 is 22.8 Å². The van der Waals surface area contributed by atoms with E-state index in [0.29, 0.717) is 5.56 Å². The van der Waals surface area contributed by atoms with Gasteiger partial charge in [0.1, 0.15) is 5.58 Å². The summed E-state index contributed by atoms with van der Waals surface area (Å²) in [6, 6.07) is 14.8. The second kappa shape index (κ2) is 5.13. The molecule has 0 aliphatic carbocycles. The molecule has 104 valence electrons. The Morgan fingerprint density at radius 1 is 1.05 bits per heavy atom. The maximum atomic E-state index is 11.9. The third-order valence-electron chi connectivity index (χ3n) is 3.15. The van der Waals surface area contributed by atoms with Crippen molar-refractivity contribution < 1.29 is 9.21 Å². The summed E-state index contributed by atoms with van der Waals surface area (Å²) in [6.45, 7) is 0. The molecule has 5 nitrogen and oxygen atoms in total. The summed E-state index contributed by atoms with van der Waals surface area (Å²) >= 11 is 0. The van der Waals surface area contributed by atoms with Gasteiger partial charge in [0.25, 0.3) is 5.91 Å². The second-order valence-corrected chi connectivity index (χ2v) is 4.56. The molecule has 0 spiro atoms. The first-order chi connectivity index (χ1) is 10.1. The molecule has 3 aromatic rings. The molecule has 5 heteroatoms. The molecule has 0 saturated carbocycles. The Bertz CT molecular complexity index is 845. The zero-order chi connectivity index (χ0) is 14.8. The van der Waals surface area contributed by atoms with Crippen LogP contribution in [0.2, 0.25) is 0 Å². The molecule has 0 bridgehead atoms. The van der Waals surface area contributed by atoms with Crippen LogP contribution in [0.1, 0.15) is 10.4 Å². The Labute approximate surface area is 120 Å². The summed E-state index contributed by atoms with van der Waals surface area (Å²) in [4.78, 5) is 15.4. The molecule has 2 aromatic carbocycles. The lowest BCUT2D eigenvalue weighted by Gasteiger charge is -2.05. The van der Waals surface area contributed by atoms with Crippen LogP contribution in [0.4, 0.5) is 0 Å². The van der Waals surface area contributed by atoms with Gasteiger partial charge in [-0.05, 0) is 35.4 Å². The normalized spacial score (nSPS) is 10.5. The lowest BCUT2D eigenvalue weighted by molar-refractivity contribution is 0.100. The largest absolute Gasteiger partial charge is 0.464 e. The van der Waals surface area contributed by atoms with Crippen LogP contribution < -0.4 is 11.5 Å². The van der Waals surface area contributed by atoms with Gasteiger partial charge in [-0.15, -0.1) is 0 Å². The lowest BCUT2D eigenvalue weighted by atomic mass is 10.00. The molecule has 0 aliphatic heterocycles. The smallest absolute Gasteiger partial charge is 0.280 e. The van der Waals surface area contributed by atoms with Gasteiger partial charge in [0.15, 0.2) is 5.96 Å². The van der Waals surface area contributed by atoms with Gasteiger partial charge in [0.2, 0.25) is 0 Å². The first-order valence-corrected chi connectivity index (χ1v) is 6.36. The molecule has 1 amide bonds. The second-order valence-electron chi connectivity index (χ2n) is 4.56. The van der Waals surface area contributed by atoms with Crippen LogP contribution in [0.5, 0.6) is 0 Å². The van der Waals surface area contributed by atoms with Gasteiger partial charge in [-0.25, -0.2) is 0 Å². The van der Waals surface area contributed by atoms with E-state index in [1.807, 2.05) is 30.3 Å². The fourth-order valence-electron chi connectivity index (χ4n) is 2.25. The van der Waals surface area contributed by atoms with Crippen molar-refractivity contribution in [1.29, 1.82) is 0 Å². The number of carbonyl (C=O) groups is 1.